The van der Waals surface area contributed by atoms with E-state index in [1.807, 2.05) is 0 Å². The molecule has 0 aliphatic heterocycles. The summed E-state index contributed by atoms with van der Waals surface area (Å²) in [7, 11) is 0. The van der Waals surface area contributed by atoms with E-state index in [1.165, 1.54) is 83.1 Å². The summed E-state index contributed by atoms with van der Waals surface area (Å²) in [6.07, 6.45) is 22.8. The SMILES string of the molecule is CCCCCCCCCCCCCCCCCC(=O)OC1=CC(=O)C=CC1=O. The standard InChI is InChI=1S/C24H38O4/c1-2-3-4-5-6-7-8-9-10-11-12-13-14-15-16-17-24(27)28-23-20-21(25)18-19-22(23)26/h18-20H,2-17H2,1H3. The number of rotatable bonds is 17. The summed E-state index contributed by atoms with van der Waals surface area (Å²) < 4.78 is 4.99. The number of unbranched alkanes of at least 4 members (excludes halogenated alkanes) is 14. The van der Waals surface area contributed by atoms with Crippen LogP contribution in [0, 0.1) is 0 Å². The molecule has 0 aromatic rings. The van der Waals surface area contributed by atoms with Gasteiger partial charge in [0.05, 0.1) is 0 Å². The zero-order valence-electron chi connectivity index (χ0n) is 17.7. The molecule has 1 aliphatic rings. The Bertz CT molecular complexity index is 531. The van der Waals surface area contributed by atoms with Crippen LogP contribution in [0.15, 0.2) is 24.0 Å². The Balaban J connectivity index is 1.86. The summed E-state index contributed by atoms with van der Waals surface area (Å²) in [5.41, 5.74) is 0. The van der Waals surface area contributed by atoms with Crippen molar-refractivity contribution in [3.8, 4) is 0 Å². The van der Waals surface area contributed by atoms with Crippen LogP contribution in [0.4, 0.5) is 0 Å². The number of ether oxygens (including phenoxy) is 1. The molecule has 0 spiro atoms. The molecule has 0 saturated heterocycles. The molecule has 0 N–H and O–H groups in total. The molecule has 0 amide bonds. The Hall–Kier alpha value is -1.71. The molecule has 0 fully saturated rings. The van der Waals surface area contributed by atoms with Gasteiger partial charge in [0.25, 0.3) is 0 Å². The van der Waals surface area contributed by atoms with Gasteiger partial charge in [0.15, 0.2) is 11.5 Å². The number of carbonyl (C=O) groups excluding carboxylic acids is 3. The summed E-state index contributed by atoms with van der Waals surface area (Å²) in [6, 6.07) is 0. The molecule has 0 heterocycles. The molecule has 1 rings (SSSR count). The van der Waals surface area contributed by atoms with Crippen molar-refractivity contribution >= 4 is 17.5 Å². The lowest BCUT2D eigenvalue weighted by Crippen LogP contribution is -2.14. The predicted molar refractivity (Wildman–Crippen MR) is 113 cm³/mol. The molecule has 0 aromatic carbocycles. The lowest BCUT2D eigenvalue weighted by atomic mass is 10.0. The van der Waals surface area contributed by atoms with Crippen LogP contribution >= 0.6 is 0 Å². The van der Waals surface area contributed by atoms with Gasteiger partial charge in [-0.2, -0.15) is 0 Å². The van der Waals surface area contributed by atoms with Gasteiger partial charge in [0, 0.05) is 12.5 Å². The fraction of sp³-hybridized carbons (Fsp3) is 0.708. The van der Waals surface area contributed by atoms with Crippen molar-refractivity contribution in [3.63, 3.8) is 0 Å². The van der Waals surface area contributed by atoms with Crippen molar-refractivity contribution in [2.45, 2.75) is 110 Å². The second kappa shape index (κ2) is 16.3. The summed E-state index contributed by atoms with van der Waals surface area (Å²) >= 11 is 0. The first-order valence-electron chi connectivity index (χ1n) is 11.3. The minimum Gasteiger partial charge on any atom is -0.422 e. The summed E-state index contributed by atoms with van der Waals surface area (Å²) in [6.45, 7) is 2.26. The van der Waals surface area contributed by atoms with Gasteiger partial charge in [-0.1, -0.05) is 96.8 Å². The first-order valence-corrected chi connectivity index (χ1v) is 11.3. The molecular formula is C24H38O4. The third kappa shape index (κ3) is 12.6. The highest BCUT2D eigenvalue weighted by Gasteiger charge is 2.17. The van der Waals surface area contributed by atoms with Gasteiger partial charge in [0.2, 0.25) is 5.78 Å². The van der Waals surface area contributed by atoms with Crippen molar-refractivity contribution in [3.05, 3.63) is 24.0 Å². The maximum Gasteiger partial charge on any atom is 0.311 e. The molecule has 1 aliphatic carbocycles. The van der Waals surface area contributed by atoms with Gasteiger partial charge in [-0.25, -0.2) is 0 Å². The Labute approximate surface area is 170 Å². The number of esters is 1. The molecule has 0 saturated carbocycles. The van der Waals surface area contributed by atoms with Gasteiger partial charge in [-0.05, 0) is 18.6 Å². The monoisotopic (exact) mass is 390 g/mol. The van der Waals surface area contributed by atoms with E-state index < -0.39 is 11.8 Å². The Morgan fingerprint density at radius 1 is 0.714 bits per heavy atom. The lowest BCUT2D eigenvalue weighted by Gasteiger charge is -2.07. The Morgan fingerprint density at radius 2 is 1.18 bits per heavy atom. The van der Waals surface area contributed by atoms with Gasteiger partial charge in [-0.3, -0.25) is 14.4 Å². The molecule has 0 aromatic heterocycles. The number of ketones is 2. The number of carbonyl (C=O) groups is 3. The van der Waals surface area contributed by atoms with Crippen LogP contribution in [0.5, 0.6) is 0 Å². The maximum absolute atomic E-state index is 11.7. The number of allylic oxidation sites excluding steroid dienone is 3. The number of hydrogen-bond acceptors (Lipinski definition) is 4. The highest BCUT2D eigenvalue weighted by Crippen LogP contribution is 2.14. The fourth-order valence-electron chi connectivity index (χ4n) is 3.38. The van der Waals surface area contributed by atoms with E-state index in [9.17, 15) is 14.4 Å². The summed E-state index contributed by atoms with van der Waals surface area (Å²) in [5, 5.41) is 0. The molecule has 4 nitrogen and oxygen atoms in total. The Morgan fingerprint density at radius 3 is 1.68 bits per heavy atom. The highest BCUT2D eigenvalue weighted by atomic mass is 16.5. The van der Waals surface area contributed by atoms with Gasteiger partial charge in [-0.15, -0.1) is 0 Å². The smallest absolute Gasteiger partial charge is 0.311 e. The molecule has 0 bridgehead atoms. The normalized spacial score (nSPS) is 13.7. The van der Waals surface area contributed by atoms with E-state index in [-0.39, 0.29) is 11.5 Å². The largest absolute Gasteiger partial charge is 0.422 e. The molecule has 0 radical (unpaired) electrons. The van der Waals surface area contributed by atoms with E-state index >= 15 is 0 Å². The first-order chi connectivity index (χ1) is 13.6. The molecule has 4 heteroatoms. The number of hydrogen-bond donors (Lipinski definition) is 0. The van der Waals surface area contributed by atoms with Crippen molar-refractivity contribution in [2.24, 2.45) is 0 Å². The van der Waals surface area contributed by atoms with Crippen LogP contribution in [0.3, 0.4) is 0 Å². The topological polar surface area (TPSA) is 60.4 Å². The zero-order chi connectivity index (χ0) is 20.5. The van der Waals surface area contributed by atoms with Crippen molar-refractivity contribution in [1.29, 1.82) is 0 Å². The third-order valence-electron chi connectivity index (χ3n) is 5.12. The van der Waals surface area contributed by atoms with Crippen molar-refractivity contribution < 1.29 is 19.1 Å². The van der Waals surface area contributed by atoms with E-state index in [0.29, 0.717) is 6.42 Å². The quantitative estimate of drug-likeness (QED) is 0.164. The second-order valence-electron chi connectivity index (χ2n) is 7.78. The first kappa shape index (κ1) is 24.3. The summed E-state index contributed by atoms with van der Waals surface area (Å²) in [4.78, 5) is 34.5. The highest BCUT2D eigenvalue weighted by molar-refractivity contribution is 6.16. The molecule has 0 unspecified atom stereocenters. The minimum atomic E-state index is -0.433. The van der Waals surface area contributed by atoms with E-state index in [4.69, 9.17) is 4.74 Å². The molecule has 28 heavy (non-hydrogen) atoms. The lowest BCUT2D eigenvalue weighted by molar-refractivity contribution is -0.142. The maximum atomic E-state index is 11.7. The van der Waals surface area contributed by atoms with Crippen molar-refractivity contribution in [1.82, 2.24) is 0 Å². The van der Waals surface area contributed by atoms with Gasteiger partial charge < -0.3 is 4.74 Å². The Kier molecular flexibility index (Phi) is 14.1. The van der Waals surface area contributed by atoms with Crippen LogP contribution in [0.2, 0.25) is 0 Å². The summed E-state index contributed by atoms with van der Waals surface area (Å²) in [5.74, 6) is -1.34. The van der Waals surface area contributed by atoms with Crippen LogP contribution < -0.4 is 0 Å². The van der Waals surface area contributed by atoms with Crippen LogP contribution in [0.1, 0.15) is 110 Å². The van der Waals surface area contributed by atoms with E-state index in [0.717, 1.165) is 31.4 Å². The van der Waals surface area contributed by atoms with Crippen LogP contribution in [-0.4, -0.2) is 17.5 Å². The third-order valence-corrected chi connectivity index (χ3v) is 5.12. The minimum absolute atomic E-state index is 0.154. The van der Waals surface area contributed by atoms with Gasteiger partial charge in [0.1, 0.15) is 0 Å². The average molecular weight is 391 g/mol. The van der Waals surface area contributed by atoms with Crippen LogP contribution in [-0.2, 0) is 19.1 Å². The van der Waals surface area contributed by atoms with Crippen molar-refractivity contribution in [2.75, 3.05) is 0 Å². The fourth-order valence-corrected chi connectivity index (χ4v) is 3.38. The second-order valence-corrected chi connectivity index (χ2v) is 7.78. The van der Waals surface area contributed by atoms with Gasteiger partial charge >= 0.3 is 5.97 Å². The zero-order valence-corrected chi connectivity index (χ0v) is 17.7. The molecule has 158 valence electrons. The van der Waals surface area contributed by atoms with E-state index in [1.54, 1.807) is 0 Å². The average Bonchev–Trinajstić information content (AvgIpc) is 2.67. The predicted octanol–water partition coefficient (Wildman–Crippen LogP) is 6.38. The van der Waals surface area contributed by atoms with Crippen LogP contribution in [0.25, 0.3) is 0 Å². The molecular weight excluding hydrogens is 352 g/mol. The molecule has 0 atom stereocenters. The van der Waals surface area contributed by atoms with E-state index in [2.05, 4.69) is 6.92 Å².